The molecule has 0 bridgehead atoms. The molecule has 0 aromatic carbocycles. The predicted molar refractivity (Wildman–Crippen MR) is 46.6 cm³/mol. The Morgan fingerprint density at radius 2 is 1.85 bits per heavy atom. The normalized spacial score (nSPS) is 10.9. The van der Waals surface area contributed by atoms with Crippen molar-refractivity contribution in [2.45, 2.75) is 6.92 Å². The molecule has 0 aromatic heterocycles. The van der Waals surface area contributed by atoms with Gasteiger partial charge in [0.15, 0.2) is 5.03 Å². The van der Waals surface area contributed by atoms with Crippen LogP contribution in [0.25, 0.3) is 0 Å². The Labute approximate surface area is 75.8 Å². The van der Waals surface area contributed by atoms with Crippen LogP contribution in [0.4, 0.5) is 0 Å². The van der Waals surface area contributed by atoms with E-state index in [0.717, 1.165) is 4.90 Å². The van der Waals surface area contributed by atoms with Crippen molar-refractivity contribution in [1.29, 1.82) is 0 Å². The maximum atomic E-state index is 10.9. The van der Waals surface area contributed by atoms with Gasteiger partial charge in [-0.25, -0.2) is 10.1 Å². The molecule has 0 radical (unpaired) electrons. The van der Waals surface area contributed by atoms with E-state index in [1.807, 2.05) is 0 Å². The number of carbonyl (C=O) groups is 1. The van der Waals surface area contributed by atoms with Crippen LogP contribution in [0.15, 0.2) is 5.10 Å². The summed E-state index contributed by atoms with van der Waals surface area (Å²) in [4.78, 5) is 23.5. The van der Waals surface area contributed by atoms with E-state index in [9.17, 15) is 14.9 Å². The average Bonchev–Trinajstić information content (AvgIpc) is 1.97. The first-order chi connectivity index (χ1) is 5.86. The van der Waals surface area contributed by atoms with E-state index in [1.165, 1.54) is 18.9 Å². The molecule has 0 unspecified atom stereocenters. The van der Waals surface area contributed by atoms with Crippen LogP contribution in [-0.2, 0) is 4.79 Å². The number of hydrogen-bond acceptors (Lipinski definition) is 3. The fraction of sp³-hybridized carbons (Fsp3) is 0.667. The SMILES string of the molecule is CC(=O)N(C)C(=N[N+](=O)[O-])N(C)C. The minimum atomic E-state index is -0.839. The molecule has 0 saturated heterocycles. The molecule has 0 aliphatic rings. The summed E-state index contributed by atoms with van der Waals surface area (Å²) in [7, 11) is 4.56. The number of rotatable bonds is 1. The van der Waals surface area contributed by atoms with Crippen LogP contribution >= 0.6 is 0 Å². The van der Waals surface area contributed by atoms with Crippen LogP contribution < -0.4 is 0 Å². The third kappa shape index (κ3) is 3.50. The highest BCUT2D eigenvalue weighted by molar-refractivity contribution is 5.95. The van der Waals surface area contributed by atoms with Crippen LogP contribution in [0, 0.1) is 10.1 Å². The molecule has 1 amide bonds. The number of guanidine groups is 1. The first-order valence-electron chi connectivity index (χ1n) is 3.51. The maximum Gasteiger partial charge on any atom is 0.279 e. The quantitative estimate of drug-likeness (QED) is 0.242. The van der Waals surface area contributed by atoms with Crippen LogP contribution in [0.1, 0.15) is 6.92 Å². The summed E-state index contributed by atoms with van der Waals surface area (Å²) in [6.45, 7) is 1.30. The number of hydrazone groups is 1. The smallest absolute Gasteiger partial charge is 0.279 e. The fourth-order valence-corrected chi connectivity index (χ4v) is 0.670. The van der Waals surface area contributed by atoms with Crippen LogP contribution in [0.5, 0.6) is 0 Å². The van der Waals surface area contributed by atoms with Crippen molar-refractivity contribution in [3.05, 3.63) is 10.1 Å². The molecule has 13 heavy (non-hydrogen) atoms. The second kappa shape index (κ2) is 4.39. The maximum absolute atomic E-state index is 10.9. The van der Waals surface area contributed by atoms with E-state index in [1.54, 1.807) is 14.1 Å². The minimum absolute atomic E-state index is 0.00231. The average molecular weight is 188 g/mol. The summed E-state index contributed by atoms with van der Waals surface area (Å²) >= 11 is 0. The van der Waals surface area contributed by atoms with Crippen molar-refractivity contribution < 1.29 is 9.83 Å². The van der Waals surface area contributed by atoms with Gasteiger partial charge in [0.2, 0.25) is 5.91 Å². The first kappa shape index (κ1) is 11.3. The summed E-state index contributed by atoms with van der Waals surface area (Å²) in [6, 6.07) is 0. The number of amides is 1. The Morgan fingerprint density at radius 1 is 1.38 bits per heavy atom. The van der Waals surface area contributed by atoms with Gasteiger partial charge in [-0.3, -0.25) is 9.69 Å². The topological polar surface area (TPSA) is 79.0 Å². The van der Waals surface area contributed by atoms with Crippen molar-refractivity contribution in [3.8, 4) is 0 Å². The van der Waals surface area contributed by atoms with Gasteiger partial charge in [0.1, 0.15) is 5.10 Å². The number of nitro groups is 1. The zero-order valence-corrected chi connectivity index (χ0v) is 8.01. The molecule has 0 atom stereocenters. The summed E-state index contributed by atoms with van der Waals surface area (Å²) in [6.07, 6.45) is 0. The van der Waals surface area contributed by atoms with E-state index in [0.29, 0.717) is 0 Å². The van der Waals surface area contributed by atoms with Crippen molar-refractivity contribution in [2.75, 3.05) is 21.1 Å². The van der Waals surface area contributed by atoms with Crippen molar-refractivity contribution >= 4 is 11.9 Å². The van der Waals surface area contributed by atoms with E-state index in [4.69, 9.17) is 0 Å². The largest absolute Gasteiger partial charge is 0.343 e. The Balaban J connectivity index is 4.81. The van der Waals surface area contributed by atoms with E-state index < -0.39 is 5.03 Å². The molecule has 0 aromatic rings. The van der Waals surface area contributed by atoms with Crippen LogP contribution in [-0.4, -0.2) is 47.8 Å². The van der Waals surface area contributed by atoms with Crippen molar-refractivity contribution in [1.82, 2.24) is 9.80 Å². The molecule has 0 heterocycles. The number of nitrogens with zero attached hydrogens (tertiary/aromatic N) is 4. The van der Waals surface area contributed by atoms with Gasteiger partial charge in [-0.15, -0.1) is 0 Å². The second-order valence-corrected chi connectivity index (χ2v) is 2.61. The lowest BCUT2D eigenvalue weighted by atomic mass is 10.6. The number of carbonyl (C=O) groups excluding carboxylic acids is 1. The van der Waals surface area contributed by atoms with Crippen molar-refractivity contribution in [3.63, 3.8) is 0 Å². The first-order valence-corrected chi connectivity index (χ1v) is 3.51. The highest BCUT2D eigenvalue weighted by atomic mass is 16.7. The lowest BCUT2D eigenvalue weighted by Crippen LogP contribution is -2.41. The van der Waals surface area contributed by atoms with Gasteiger partial charge in [0, 0.05) is 28.1 Å². The van der Waals surface area contributed by atoms with Gasteiger partial charge in [-0.2, -0.15) is 0 Å². The van der Waals surface area contributed by atoms with E-state index in [2.05, 4.69) is 5.10 Å². The molecule has 7 heteroatoms. The summed E-state index contributed by atoms with van der Waals surface area (Å²) < 4.78 is 0. The van der Waals surface area contributed by atoms with Gasteiger partial charge in [0.25, 0.3) is 5.96 Å². The monoisotopic (exact) mass is 188 g/mol. The molecule has 0 rings (SSSR count). The molecule has 0 spiro atoms. The minimum Gasteiger partial charge on any atom is -0.343 e. The van der Waals surface area contributed by atoms with Gasteiger partial charge >= 0.3 is 0 Å². The highest BCUT2D eigenvalue weighted by Gasteiger charge is 2.16. The van der Waals surface area contributed by atoms with Crippen LogP contribution in [0.3, 0.4) is 0 Å². The Hall–Kier alpha value is -1.66. The molecular formula is C6H12N4O3. The highest BCUT2D eigenvalue weighted by Crippen LogP contribution is 1.93. The molecule has 0 N–H and O–H groups in total. The molecule has 7 nitrogen and oxygen atoms in total. The van der Waals surface area contributed by atoms with Crippen LogP contribution in [0.2, 0.25) is 0 Å². The van der Waals surface area contributed by atoms with Crippen molar-refractivity contribution in [2.24, 2.45) is 5.10 Å². The lowest BCUT2D eigenvalue weighted by Gasteiger charge is -2.20. The van der Waals surface area contributed by atoms with Gasteiger partial charge < -0.3 is 4.90 Å². The molecule has 0 aliphatic heterocycles. The van der Waals surface area contributed by atoms with E-state index in [-0.39, 0.29) is 11.9 Å². The second-order valence-electron chi connectivity index (χ2n) is 2.61. The Kier molecular flexibility index (Phi) is 3.83. The fourth-order valence-electron chi connectivity index (χ4n) is 0.670. The third-order valence-corrected chi connectivity index (χ3v) is 1.34. The Bertz CT molecular complexity index is 248. The summed E-state index contributed by atoms with van der Waals surface area (Å²) in [5, 5.41) is 12.3. The molecule has 0 saturated carbocycles. The standard InChI is InChI=1S/C6H12N4O3/c1-5(11)9(4)6(8(2)3)7-10(12)13/h1-4H3. The molecular weight excluding hydrogens is 176 g/mol. The Morgan fingerprint density at radius 3 is 2.08 bits per heavy atom. The molecule has 74 valence electrons. The lowest BCUT2D eigenvalue weighted by molar-refractivity contribution is -0.486. The third-order valence-electron chi connectivity index (χ3n) is 1.34. The van der Waals surface area contributed by atoms with Gasteiger partial charge in [-0.1, -0.05) is 0 Å². The molecule has 0 aliphatic carbocycles. The summed E-state index contributed by atoms with van der Waals surface area (Å²) in [5.74, 6) is -0.313. The molecule has 0 fully saturated rings. The number of hydrogen-bond donors (Lipinski definition) is 0. The van der Waals surface area contributed by atoms with Gasteiger partial charge in [-0.05, 0) is 0 Å². The van der Waals surface area contributed by atoms with Gasteiger partial charge in [0.05, 0.1) is 0 Å². The zero-order valence-electron chi connectivity index (χ0n) is 8.01. The van der Waals surface area contributed by atoms with E-state index >= 15 is 0 Å². The summed E-state index contributed by atoms with van der Waals surface area (Å²) in [5.41, 5.74) is 0. The predicted octanol–water partition coefficient (Wildman–Crippen LogP) is -0.426. The zero-order chi connectivity index (χ0) is 10.6.